The van der Waals surface area contributed by atoms with Crippen LogP contribution >= 0.6 is 0 Å². The number of hydrogen-bond donors (Lipinski definition) is 8. The lowest BCUT2D eigenvalue weighted by Crippen LogP contribution is -2.57. The minimum Gasteiger partial charge on any atom is -0.507 e. The summed E-state index contributed by atoms with van der Waals surface area (Å²) in [7, 11) is 0. The van der Waals surface area contributed by atoms with Crippen molar-refractivity contribution in [3.63, 3.8) is 0 Å². The zero-order valence-corrected chi connectivity index (χ0v) is 16.3. The highest BCUT2D eigenvalue weighted by molar-refractivity contribution is 5.88. The third-order valence-electron chi connectivity index (χ3n) is 5.43. The number of ether oxygens (including phenoxy) is 1. The van der Waals surface area contributed by atoms with Crippen molar-refractivity contribution in [1.82, 2.24) is 0 Å². The maximum absolute atomic E-state index is 12.7. The highest BCUT2D eigenvalue weighted by atomic mass is 16.6. The first-order valence-electron chi connectivity index (χ1n) is 9.50. The summed E-state index contributed by atoms with van der Waals surface area (Å²) < 4.78 is 10.7. The van der Waals surface area contributed by atoms with Crippen molar-refractivity contribution in [3.05, 3.63) is 46.1 Å². The Labute approximate surface area is 179 Å². The fourth-order valence-electron chi connectivity index (χ4n) is 3.65. The smallest absolute Gasteiger partial charge is 0.197 e. The number of aliphatic hydroxyl groups excluding tert-OH is 4. The number of rotatable bonds is 3. The van der Waals surface area contributed by atoms with Crippen molar-refractivity contribution in [1.29, 1.82) is 0 Å². The maximum Gasteiger partial charge on any atom is 0.197 e. The second-order valence-corrected chi connectivity index (χ2v) is 7.52. The first kappa shape index (κ1) is 21.9. The molecule has 8 N–H and O–H groups in total. The van der Waals surface area contributed by atoms with Crippen LogP contribution in [0.4, 0.5) is 0 Å². The summed E-state index contributed by atoms with van der Waals surface area (Å²) in [4.78, 5) is 12.7. The van der Waals surface area contributed by atoms with E-state index in [1.54, 1.807) is 0 Å². The fraction of sp³-hybridized carbons (Fsp3) is 0.286. The normalized spacial score (nSPS) is 25.8. The molecular weight excluding hydrogens is 428 g/mol. The van der Waals surface area contributed by atoms with Gasteiger partial charge in [-0.2, -0.15) is 0 Å². The molecule has 0 aliphatic carbocycles. The zero-order valence-electron chi connectivity index (χ0n) is 16.3. The first-order chi connectivity index (χ1) is 15.1. The molecule has 32 heavy (non-hydrogen) atoms. The lowest BCUT2D eigenvalue weighted by molar-refractivity contribution is -0.281. The predicted molar refractivity (Wildman–Crippen MR) is 107 cm³/mol. The third kappa shape index (κ3) is 3.61. The maximum atomic E-state index is 12.7. The summed E-state index contributed by atoms with van der Waals surface area (Å²) in [5.41, 5.74) is -0.824. The van der Waals surface area contributed by atoms with Gasteiger partial charge in [-0.15, -0.1) is 0 Å². The van der Waals surface area contributed by atoms with Crippen molar-refractivity contribution in [2.75, 3.05) is 0 Å². The molecule has 2 heterocycles. The van der Waals surface area contributed by atoms with E-state index in [-0.39, 0.29) is 33.6 Å². The number of hydrogen-bond acceptors (Lipinski definition) is 11. The molecule has 1 saturated heterocycles. The summed E-state index contributed by atoms with van der Waals surface area (Å²) in [5.74, 6) is -1.98. The summed E-state index contributed by atoms with van der Waals surface area (Å²) in [6.45, 7) is 0. The first-order valence-corrected chi connectivity index (χ1v) is 9.50. The summed E-state index contributed by atoms with van der Waals surface area (Å²) >= 11 is 0. The van der Waals surface area contributed by atoms with Gasteiger partial charge in [-0.3, -0.25) is 4.79 Å². The van der Waals surface area contributed by atoms with Crippen LogP contribution in [0.5, 0.6) is 23.0 Å². The van der Waals surface area contributed by atoms with Crippen LogP contribution in [-0.2, 0) is 11.2 Å². The fourth-order valence-corrected chi connectivity index (χ4v) is 3.65. The van der Waals surface area contributed by atoms with E-state index in [1.807, 2.05) is 0 Å². The van der Waals surface area contributed by atoms with Crippen LogP contribution in [0.25, 0.3) is 22.3 Å². The minimum absolute atomic E-state index is 0.00406. The Hall–Kier alpha value is -3.35. The topological polar surface area (TPSA) is 201 Å². The molecule has 11 heteroatoms. The second kappa shape index (κ2) is 7.97. The zero-order chi connectivity index (χ0) is 23.3. The van der Waals surface area contributed by atoms with Gasteiger partial charge in [0.2, 0.25) is 0 Å². The average Bonchev–Trinajstić information content (AvgIpc) is 2.74. The minimum atomic E-state index is -1.81. The second-order valence-electron chi connectivity index (χ2n) is 7.52. The molecule has 0 saturated carbocycles. The molecule has 0 spiro atoms. The molecule has 4 rings (SSSR count). The third-order valence-corrected chi connectivity index (χ3v) is 5.43. The molecule has 170 valence electrons. The van der Waals surface area contributed by atoms with E-state index in [0.717, 1.165) is 12.1 Å². The molecule has 11 nitrogen and oxygen atoms in total. The quantitative estimate of drug-likeness (QED) is 0.243. The Morgan fingerprint density at radius 1 is 0.812 bits per heavy atom. The van der Waals surface area contributed by atoms with Gasteiger partial charge in [-0.05, 0) is 18.2 Å². The van der Waals surface area contributed by atoms with Gasteiger partial charge in [0.05, 0.1) is 6.10 Å². The van der Waals surface area contributed by atoms with Crippen molar-refractivity contribution in [2.45, 2.75) is 37.1 Å². The van der Waals surface area contributed by atoms with Crippen molar-refractivity contribution < 1.29 is 50.0 Å². The molecule has 1 aromatic heterocycles. The van der Waals surface area contributed by atoms with Gasteiger partial charge in [-0.1, -0.05) is 0 Å². The molecule has 0 bridgehead atoms. The molecule has 1 fully saturated rings. The Balaban J connectivity index is 1.76. The van der Waals surface area contributed by atoms with E-state index in [2.05, 4.69) is 0 Å². The number of phenolic OH excluding ortho intramolecular Hbond substituents is 4. The van der Waals surface area contributed by atoms with Gasteiger partial charge in [-0.25, -0.2) is 0 Å². The predicted octanol–water partition coefficient (Wildman–Crippen LogP) is -0.375. The van der Waals surface area contributed by atoms with Gasteiger partial charge in [0.25, 0.3) is 0 Å². The van der Waals surface area contributed by atoms with Gasteiger partial charge >= 0.3 is 0 Å². The van der Waals surface area contributed by atoms with Crippen LogP contribution in [0.1, 0.15) is 5.56 Å². The van der Waals surface area contributed by atoms with Crippen LogP contribution in [0.3, 0.4) is 0 Å². The SMILES string of the molecule is O=c1cc(-c2ccc(O)c(O)c2)oc2cc(O)c(C[C@H]3O[C@@H](O)[C@H](O)[C@@H](O)[C@@H]3O)c(O)c12. The van der Waals surface area contributed by atoms with Gasteiger partial charge in [0, 0.05) is 29.7 Å². The summed E-state index contributed by atoms with van der Waals surface area (Å²) in [5, 5.41) is 79.1. The Bertz CT molecular complexity index is 1230. The lowest BCUT2D eigenvalue weighted by atomic mass is 9.93. The Kier molecular flexibility index (Phi) is 5.44. The Morgan fingerprint density at radius 2 is 1.53 bits per heavy atom. The molecule has 0 unspecified atom stereocenters. The van der Waals surface area contributed by atoms with Gasteiger partial charge in [0.1, 0.15) is 46.5 Å². The largest absolute Gasteiger partial charge is 0.507 e. The molecule has 0 radical (unpaired) electrons. The summed E-state index contributed by atoms with van der Waals surface area (Å²) in [6, 6.07) is 5.86. The highest BCUT2D eigenvalue weighted by Crippen LogP contribution is 2.38. The number of aromatic hydroxyl groups is 4. The Morgan fingerprint density at radius 3 is 2.22 bits per heavy atom. The van der Waals surface area contributed by atoms with Crippen LogP contribution in [0.15, 0.2) is 39.5 Å². The summed E-state index contributed by atoms with van der Waals surface area (Å²) in [6.07, 6.45) is -8.67. The van der Waals surface area contributed by atoms with Gasteiger partial charge in [0.15, 0.2) is 23.2 Å². The molecule has 0 amide bonds. The number of phenols is 4. The number of aliphatic hydroxyl groups is 4. The molecule has 3 aromatic rings. The number of fused-ring (bicyclic) bond motifs is 1. The van der Waals surface area contributed by atoms with E-state index in [9.17, 15) is 45.6 Å². The monoisotopic (exact) mass is 448 g/mol. The lowest BCUT2D eigenvalue weighted by Gasteiger charge is -2.38. The number of benzene rings is 2. The van der Waals surface area contributed by atoms with Crippen LogP contribution in [0, 0.1) is 0 Å². The molecule has 1 aliphatic rings. The van der Waals surface area contributed by atoms with Crippen molar-refractivity contribution in [3.8, 4) is 34.3 Å². The molecule has 1 aliphatic heterocycles. The standard InChI is InChI=1S/C21H20O11/c22-9-2-1-7(3-11(9)24)13-6-12(25)16-14(31-13)5-10(23)8(17(16)26)4-15-18(27)19(28)20(29)21(30)32-15/h1-3,5-6,15,18-24,26-30H,4H2/t15-,18-,19+,20-,21-/m1/s1. The average molecular weight is 448 g/mol. The van der Waals surface area contributed by atoms with E-state index in [0.29, 0.717) is 0 Å². The van der Waals surface area contributed by atoms with Crippen molar-refractivity contribution >= 4 is 11.0 Å². The molecule has 5 atom stereocenters. The van der Waals surface area contributed by atoms with E-state index in [1.165, 1.54) is 18.2 Å². The molecular formula is C21H20O11. The van der Waals surface area contributed by atoms with Crippen LogP contribution in [0.2, 0.25) is 0 Å². The van der Waals surface area contributed by atoms with E-state index in [4.69, 9.17) is 9.15 Å². The highest BCUT2D eigenvalue weighted by Gasteiger charge is 2.43. The van der Waals surface area contributed by atoms with E-state index >= 15 is 0 Å². The molecule has 2 aromatic carbocycles. The van der Waals surface area contributed by atoms with E-state index < -0.39 is 59.8 Å². The van der Waals surface area contributed by atoms with Crippen LogP contribution < -0.4 is 5.43 Å². The van der Waals surface area contributed by atoms with Gasteiger partial charge < -0.3 is 50.0 Å². The van der Waals surface area contributed by atoms with Crippen molar-refractivity contribution in [2.24, 2.45) is 0 Å². The van der Waals surface area contributed by atoms with Crippen LogP contribution in [-0.4, -0.2) is 71.6 Å².